The monoisotopic (exact) mass is 319 g/mol. The predicted molar refractivity (Wildman–Crippen MR) is 84.7 cm³/mol. The van der Waals surface area contributed by atoms with Crippen LogP contribution in [0.3, 0.4) is 0 Å². The highest BCUT2D eigenvalue weighted by molar-refractivity contribution is 7.13. The minimum absolute atomic E-state index is 0.0772. The number of β-amino-alcohol motifs (C(OH)–C–C–N with tert-alkyl or cyclic N) is 1. The third kappa shape index (κ3) is 3.49. The summed E-state index contributed by atoms with van der Waals surface area (Å²) in [5, 5.41) is 23.3. The van der Waals surface area contributed by atoms with E-state index in [-0.39, 0.29) is 11.8 Å². The molecule has 0 radical (unpaired) electrons. The number of aliphatic hydroxyl groups is 1. The Morgan fingerprint density at radius 1 is 1.50 bits per heavy atom. The van der Waals surface area contributed by atoms with Gasteiger partial charge in [0.2, 0.25) is 0 Å². The SMILES string of the molecule is O=[N+]([O-])c1cccc(-c2nc(CN3CCCC(O)C3)cs2)c1. The van der Waals surface area contributed by atoms with Crippen molar-refractivity contribution in [1.82, 2.24) is 9.88 Å². The normalized spacial score (nSPS) is 19.2. The predicted octanol–water partition coefficient (Wildman–Crippen LogP) is 2.68. The number of piperidine rings is 1. The van der Waals surface area contributed by atoms with Crippen molar-refractivity contribution in [3.63, 3.8) is 0 Å². The van der Waals surface area contributed by atoms with Crippen LogP contribution in [-0.2, 0) is 6.54 Å². The van der Waals surface area contributed by atoms with Crippen molar-refractivity contribution in [2.45, 2.75) is 25.5 Å². The molecule has 2 aromatic rings. The summed E-state index contributed by atoms with van der Waals surface area (Å²) in [5.74, 6) is 0. The number of benzene rings is 1. The van der Waals surface area contributed by atoms with Gasteiger partial charge in [-0.15, -0.1) is 11.3 Å². The average Bonchev–Trinajstić information content (AvgIpc) is 2.96. The van der Waals surface area contributed by atoms with Crippen LogP contribution in [-0.4, -0.2) is 39.1 Å². The van der Waals surface area contributed by atoms with Crippen LogP contribution in [0.2, 0.25) is 0 Å². The highest BCUT2D eigenvalue weighted by Gasteiger charge is 2.19. The van der Waals surface area contributed by atoms with Gasteiger partial charge in [-0.25, -0.2) is 4.98 Å². The quantitative estimate of drug-likeness (QED) is 0.692. The van der Waals surface area contributed by atoms with Gasteiger partial charge in [0.1, 0.15) is 5.01 Å². The molecule has 1 fully saturated rings. The first-order valence-corrected chi connectivity index (χ1v) is 8.09. The lowest BCUT2D eigenvalue weighted by atomic mass is 10.1. The van der Waals surface area contributed by atoms with Crippen molar-refractivity contribution in [3.05, 3.63) is 45.5 Å². The van der Waals surface area contributed by atoms with Crippen LogP contribution >= 0.6 is 11.3 Å². The van der Waals surface area contributed by atoms with Gasteiger partial charge in [-0.2, -0.15) is 0 Å². The summed E-state index contributed by atoms with van der Waals surface area (Å²) in [5.41, 5.74) is 1.79. The molecule has 1 unspecified atom stereocenters. The molecule has 116 valence electrons. The zero-order chi connectivity index (χ0) is 15.5. The third-order valence-electron chi connectivity index (χ3n) is 3.72. The summed E-state index contributed by atoms with van der Waals surface area (Å²) in [6.45, 7) is 2.37. The summed E-state index contributed by atoms with van der Waals surface area (Å²) >= 11 is 1.49. The molecule has 1 atom stereocenters. The molecular weight excluding hydrogens is 302 g/mol. The molecule has 0 spiro atoms. The number of non-ortho nitro benzene ring substituents is 1. The zero-order valence-corrected chi connectivity index (χ0v) is 12.8. The Kier molecular flexibility index (Phi) is 4.47. The van der Waals surface area contributed by atoms with Crippen LogP contribution in [0.5, 0.6) is 0 Å². The number of nitro groups is 1. The number of hydrogen-bond acceptors (Lipinski definition) is 6. The summed E-state index contributed by atoms with van der Waals surface area (Å²) in [6.07, 6.45) is 1.62. The number of nitro benzene ring substituents is 1. The first kappa shape index (κ1) is 15.1. The first-order valence-electron chi connectivity index (χ1n) is 7.21. The lowest BCUT2D eigenvalue weighted by Gasteiger charge is -2.29. The minimum atomic E-state index is -0.396. The highest BCUT2D eigenvalue weighted by Crippen LogP contribution is 2.27. The van der Waals surface area contributed by atoms with Gasteiger partial charge in [0.05, 0.1) is 16.7 Å². The maximum atomic E-state index is 10.8. The summed E-state index contributed by atoms with van der Waals surface area (Å²) in [4.78, 5) is 17.2. The fourth-order valence-corrected chi connectivity index (χ4v) is 3.48. The van der Waals surface area contributed by atoms with Crippen LogP contribution in [0.1, 0.15) is 18.5 Å². The molecule has 3 rings (SSSR count). The van der Waals surface area contributed by atoms with E-state index in [4.69, 9.17) is 0 Å². The van der Waals surface area contributed by atoms with Crippen molar-refractivity contribution in [2.75, 3.05) is 13.1 Å². The standard InChI is InChI=1S/C15H17N3O3S/c19-14-5-2-6-17(9-14)8-12-10-22-15(16-12)11-3-1-4-13(7-11)18(20)21/h1,3-4,7,10,14,19H,2,5-6,8-9H2. The number of likely N-dealkylation sites (tertiary alicyclic amines) is 1. The van der Waals surface area contributed by atoms with E-state index < -0.39 is 4.92 Å². The Morgan fingerprint density at radius 3 is 3.14 bits per heavy atom. The number of aromatic nitrogens is 1. The second kappa shape index (κ2) is 6.51. The number of thiazole rings is 1. The molecule has 0 amide bonds. The molecule has 7 heteroatoms. The second-order valence-electron chi connectivity index (χ2n) is 5.48. The van der Waals surface area contributed by atoms with Crippen LogP contribution < -0.4 is 0 Å². The Labute approximate surface area is 132 Å². The van der Waals surface area contributed by atoms with E-state index in [1.165, 1.54) is 17.4 Å². The van der Waals surface area contributed by atoms with Gasteiger partial charge < -0.3 is 5.11 Å². The van der Waals surface area contributed by atoms with Gasteiger partial charge in [0.25, 0.3) is 5.69 Å². The fraction of sp³-hybridized carbons (Fsp3) is 0.400. The largest absolute Gasteiger partial charge is 0.392 e. The van der Waals surface area contributed by atoms with Crippen molar-refractivity contribution in [2.24, 2.45) is 0 Å². The van der Waals surface area contributed by atoms with E-state index >= 15 is 0 Å². The van der Waals surface area contributed by atoms with Gasteiger partial charge >= 0.3 is 0 Å². The molecule has 0 aliphatic carbocycles. The molecule has 0 saturated carbocycles. The van der Waals surface area contributed by atoms with E-state index in [0.29, 0.717) is 13.1 Å². The Morgan fingerprint density at radius 2 is 2.36 bits per heavy atom. The minimum Gasteiger partial charge on any atom is -0.392 e. The molecule has 6 nitrogen and oxygen atoms in total. The van der Waals surface area contributed by atoms with Crippen LogP contribution in [0.4, 0.5) is 5.69 Å². The summed E-state index contributed by atoms with van der Waals surface area (Å²) in [6, 6.07) is 6.54. The number of aliphatic hydroxyl groups excluding tert-OH is 1. The van der Waals surface area contributed by atoms with Gasteiger partial charge in [0, 0.05) is 36.2 Å². The molecule has 2 heterocycles. The van der Waals surface area contributed by atoms with E-state index in [1.807, 2.05) is 11.4 Å². The molecule has 0 bridgehead atoms. The zero-order valence-electron chi connectivity index (χ0n) is 12.0. The molecule has 22 heavy (non-hydrogen) atoms. The maximum Gasteiger partial charge on any atom is 0.270 e. The molecule has 1 aliphatic rings. The molecular formula is C15H17N3O3S. The topological polar surface area (TPSA) is 79.5 Å². The van der Waals surface area contributed by atoms with E-state index in [0.717, 1.165) is 35.7 Å². The molecule has 1 aromatic carbocycles. The Bertz CT molecular complexity index is 674. The van der Waals surface area contributed by atoms with E-state index in [9.17, 15) is 15.2 Å². The van der Waals surface area contributed by atoms with Gasteiger partial charge in [0.15, 0.2) is 0 Å². The Balaban J connectivity index is 1.73. The fourth-order valence-electron chi connectivity index (χ4n) is 2.67. The lowest BCUT2D eigenvalue weighted by Crippen LogP contribution is -2.37. The lowest BCUT2D eigenvalue weighted by molar-refractivity contribution is -0.384. The second-order valence-corrected chi connectivity index (χ2v) is 6.34. The third-order valence-corrected chi connectivity index (χ3v) is 4.66. The number of rotatable bonds is 4. The molecule has 1 aromatic heterocycles. The van der Waals surface area contributed by atoms with E-state index in [2.05, 4.69) is 9.88 Å². The van der Waals surface area contributed by atoms with Gasteiger partial charge in [-0.05, 0) is 19.4 Å². The van der Waals surface area contributed by atoms with Crippen molar-refractivity contribution < 1.29 is 10.0 Å². The number of hydrogen-bond donors (Lipinski definition) is 1. The molecule has 1 saturated heterocycles. The maximum absolute atomic E-state index is 10.8. The smallest absolute Gasteiger partial charge is 0.270 e. The van der Waals surface area contributed by atoms with Gasteiger partial charge in [-0.1, -0.05) is 12.1 Å². The highest BCUT2D eigenvalue weighted by atomic mass is 32.1. The average molecular weight is 319 g/mol. The summed E-state index contributed by atoms with van der Waals surface area (Å²) < 4.78 is 0. The summed E-state index contributed by atoms with van der Waals surface area (Å²) in [7, 11) is 0. The van der Waals surface area contributed by atoms with Crippen LogP contribution in [0.25, 0.3) is 10.6 Å². The molecule has 1 aliphatic heterocycles. The van der Waals surface area contributed by atoms with E-state index in [1.54, 1.807) is 12.1 Å². The van der Waals surface area contributed by atoms with Crippen molar-refractivity contribution in [1.29, 1.82) is 0 Å². The van der Waals surface area contributed by atoms with Crippen LogP contribution in [0, 0.1) is 10.1 Å². The van der Waals surface area contributed by atoms with Crippen LogP contribution in [0.15, 0.2) is 29.6 Å². The van der Waals surface area contributed by atoms with Crippen molar-refractivity contribution in [3.8, 4) is 10.6 Å². The van der Waals surface area contributed by atoms with Gasteiger partial charge in [-0.3, -0.25) is 15.0 Å². The molecule has 1 N–H and O–H groups in total. The Hall–Kier alpha value is -1.83. The van der Waals surface area contributed by atoms with Crippen molar-refractivity contribution >= 4 is 17.0 Å². The number of nitrogens with zero attached hydrogens (tertiary/aromatic N) is 3. The first-order chi connectivity index (χ1) is 10.6.